The Hall–Kier alpha value is -1.82. The van der Waals surface area contributed by atoms with Crippen molar-refractivity contribution in [2.75, 3.05) is 4.31 Å². The standard InChI is InChI=1S/C14H17N3O2S/c1-10-7-8-12-5-3-4-6-13(12)17(10)20(18,19)14-9-15-11(2)16-14/h3-6,9-10H,7-8H2,1-2H3,(H,15,16). The van der Waals surface area contributed by atoms with E-state index in [9.17, 15) is 8.42 Å². The summed E-state index contributed by atoms with van der Waals surface area (Å²) in [5, 5.41) is 0.151. The Balaban J connectivity index is 2.13. The Morgan fingerprint density at radius 1 is 1.35 bits per heavy atom. The van der Waals surface area contributed by atoms with Crippen molar-refractivity contribution in [1.29, 1.82) is 0 Å². The van der Waals surface area contributed by atoms with E-state index in [1.807, 2.05) is 31.2 Å². The van der Waals surface area contributed by atoms with Crippen LogP contribution in [0.25, 0.3) is 0 Å². The van der Waals surface area contributed by atoms with E-state index in [0.717, 1.165) is 24.1 Å². The average molecular weight is 291 g/mol. The minimum absolute atomic E-state index is 0.0569. The van der Waals surface area contributed by atoms with Crippen LogP contribution in [0.5, 0.6) is 0 Å². The summed E-state index contributed by atoms with van der Waals surface area (Å²) < 4.78 is 27.2. The van der Waals surface area contributed by atoms with Gasteiger partial charge in [-0.05, 0) is 38.3 Å². The van der Waals surface area contributed by atoms with Crippen molar-refractivity contribution in [3.63, 3.8) is 0 Å². The third-order valence-corrected chi connectivity index (χ3v) is 5.52. The first-order valence-electron chi connectivity index (χ1n) is 6.64. The van der Waals surface area contributed by atoms with Gasteiger partial charge in [0.15, 0.2) is 5.03 Å². The zero-order valence-corrected chi connectivity index (χ0v) is 12.3. The SMILES string of the molecule is Cc1ncc(S(=O)(=O)N2c3ccccc3CCC2C)[nH]1. The van der Waals surface area contributed by atoms with E-state index in [1.165, 1.54) is 10.5 Å². The fourth-order valence-corrected chi connectivity index (χ4v) is 4.35. The van der Waals surface area contributed by atoms with Crippen molar-refractivity contribution in [3.8, 4) is 0 Å². The number of anilines is 1. The molecular formula is C14H17N3O2S. The minimum atomic E-state index is -3.59. The molecule has 5 nitrogen and oxygen atoms in total. The van der Waals surface area contributed by atoms with Crippen LogP contribution in [-0.2, 0) is 16.4 Å². The second-order valence-electron chi connectivity index (χ2n) is 5.15. The Bertz CT molecular complexity index is 736. The van der Waals surface area contributed by atoms with Gasteiger partial charge in [0.1, 0.15) is 5.82 Å². The minimum Gasteiger partial charge on any atom is -0.332 e. The molecule has 2 heterocycles. The number of benzene rings is 1. The first-order chi connectivity index (χ1) is 9.50. The monoisotopic (exact) mass is 291 g/mol. The van der Waals surface area contributed by atoms with E-state index in [4.69, 9.17) is 0 Å². The van der Waals surface area contributed by atoms with Crippen molar-refractivity contribution in [2.45, 2.75) is 37.8 Å². The van der Waals surface area contributed by atoms with Crippen molar-refractivity contribution in [3.05, 3.63) is 41.9 Å². The molecule has 0 fully saturated rings. The highest BCUT2D eigenvalue weighted by Crippen LogP contribution is 2.34. The summed E-state index contributed by atoms with van der Waals surface area (Å²) in [6.07, 6.45) is 3.11. The molecule has 3 rings (SSSR count). The molecule has 1 aromatic heterocycles. The number of fused-ring (bicyclic) bond motifs is 1. The molecule has 0 saturated carbocycles. The molecule has 1 N–H and O–H groups in total. The third kappa shape index (κ3) is 2.00. The van der Waals surface area contributed by atoms with Crippen LogP contribution in [0.2, 0.25) is 0 Å². The number of sulfonamides is 1. The number of nitrogens with zero attached hydrogens (tertiary/aromatic N) is 2. The fourth-order valence-electron chi connectivity index (χ4n) is 2.66. The number of rotatable bonds is 2. The molecular weight excluding hydrogens is 274 g/mol. The largest absolute Gasteiger partial charge is 0.332 e. The number of hydrogen-bond donors (Lipinski definition) is 1. The summed E-state index contributed by atoms with van der Waals surface area (Å²) in [6.45, 7) is 3.68. The maximum Gasteiger partial charge on any atom is 0.281 e. The molecule has 0 spiro atoms. The third-order valence-electron chi connectivity index (χ3n) is 3.68. The smallest absolute Gasteiger partial charge is 0.281 e. The van der Waals surface area contributed by atoms with Gasteiger partial charge in [-0.1, -0.05) is 18.2 Å². The summed E-state index contributed by atoms with van der Waals surface area (Å²) in [6, 6.07) is 7.61. The first-order valence-corrected chi connectivity index (χ1v) is 8.08. The van der Waals surface area contributed by atoms with Crippen molar-refractivity contribution in [2.24, 2.45) is 0 Å². The van der Waals surface area contributed by atoms with Gasteiger partial charge in [0.25, 0.3) is 10.0 Å². The maximum atomic E-state index is 12.8. The molecule has 0 bridgehead atoms. The Morgan fingerprint density at radius 3 is 2.80 bits per heavy atom. The number of aromatic amines is 1. The van der Waals surface area contributed by atoms with Crippen LogP contribution in [-0.4, -0.2) is 24.4 Å². The van der Waals surface area contributed by atoms with E-state index in [2.05, 4.69) is 9.97 Å². The van der Waals surface area contributed by atoms with Gasteiger partial charge in [-0.15, -0.1) is 0 Å². The molecule has 0 amide bonds. The van der Waals surface area contributed by atoms with E-state index in [1.54, 1.807) is 6.92 Å². The van der Waals surface area contributed by atoms with Crippen molar-refractivity contribution < 1.29 is 8.42 Å². The lowest BCUT2D eigenvalue weighted by Gasteiger charge is -2.35. The predicted molar refractivity (Wildman–Crippen MR) is 77.2 cm³/mol. The molecule has 0 radical (unpaired) electrons. The van der Waals surface area contributed by atoms with Gasteiger partial charge in [-0.3, -0.25) is 4.31 Å². The van der Waals surface area contributed by atoms with Crippen LogP contribution in [0.4, 0.5) is 5.69 Å². The van der Waals surface area contributed by atoms with Gasteiger partial charge in [0.05, 0.1) is 11.9 Å². The van der Waals surface area contributed by atoms with Crippen LogP contribution in [0, 0.1) is 6.92 Å². The molecule has 1 aliphatic rings. The van der Waals surface area contributed by atoms with Crippen molar-refractivity contribution >= 4 is 15.7 Å². The predicted octanol–water partition coefficient (Wildman–Crippen LogP) is 2.25. The highest BCUT2D eigenvalue weighted by atomic mass is 32.2. The van der Waals surface area contributed by atoms with Gasteiger partial charge in [0, 0.05) is 6.04 Å². The van der Waals surface area contributed by atoms with E-state index >= 15 is 0 Å². The Kier molecular flexibility index (Phi) is 3.05. The van der Waals surface area contributed by atoms with Gasteiger partial charge in [-0.2, -0.15) is 8.42 Å². The topological polar surface area (TPSA) is 66.1 Å². The summed E-state index contributed by atoms with van der Waals surface area (Å²) in [5.41, 5.74) is 1.85. The van der Waals surface area contributed by atoms with Crippen LogP contribution in [0.1, 0.15) is 24.7 Å². The van der Waals surface area contributed by atoms with Crippen LogP contribution < -0.4 is 4.31 Å². The lowest BCUT2D eigenvalue weighted by molar-refractivity contribution is 0.560. The summed E-state index contributed by atoms with van der Waals surface area (Å²) in [5.74, 6) is 0.599. The lowest BCUT2D eigenvalue weighted by Crippen LogP contribution is -2.42. The van der Waals surface area contributed by atoms with Crippen LogP contribution in [0.15, 0.2) is 35.5 Å². The molecule has 1 aromatic carbocycles. The average Bonchev–Trinajstić information content (AvgIpc) is 2.85. The first kappa shape index (κ1) is 13.2. The van der Waals surface area contributed by atoms with Crippen molar-refractivity contribution in [1.82, 2.24) is 9.97 Å². The van der Waals surface area contributed by atoms with Gasteiger partial charge in [0.2, 0.25) is 0 Å². The summed E-state index contributed by atoms with van der Waals surface area (Å²) in [4.78, 5) is 6.82. The summed E-state index contributed by atoms with van der Waals surface area (Å²) >= 11 is 0. The number of hydrogen-bond acceptors (Lipinski definition) is 3. The van der Waals surface area contributed by atoms with E-state index in [-0.39, 0.29) is 11.1 Å². The Labute approximate surface area is 118 Å². The Morgan fingerprint density at radius 2 is 2.10 bits per heavy atom. The molecule has 20 heavy (non-hydrogen) atoms. The maximum absolute atomic E-state index is 12.8. The molecule has 6 heteroatoms. The highest BCUT2D eigenvalue weighted by Gasteiger charge is 2.34. The zero-order valence-electron chi connectivity index (χ0n) is 11.5. The quantitative estimate of drug-likeness (QED) is 0.923. The molecule has 1 unspecified atom stereocenters. The van der Waals surface area contributed by atoms with Crippen LogP contribution >= 0.6 is 0 Å². The number of H-pyrrole nitrogens is 1. The normalized spacial score (nSPS) is 18.9. The van der Waals surface area contributed by atoms with E-state index < -0.39 is 10.0 Å². The molecule has 1 aliphatic heterocycles. The number of imidazole rings is 1. The number of aryl methyl sites for hydroxylation is 2. The number of para-hydroxylation sites is 1. The van der Waals surface area contributed by atoms with Gasteiger partial charge < -0.3 is 4.98 Å². The van der Waals surface area contributed by atoms with Crippen LogP contribution in [0.3, 0.4) is 0 Å². The van der Waals surface area contributed by atoms with E-state index in [0.29, 0.717) is 5.82 Å². The molecule has 0 saturated heterocycles. The fraction of sp³-hybridized carbons (Fsp3) is 0.357. The lowest BCUT2D eigenvalue weighted by atomic mass is 9.99. The molecule has 106 valence electrons. The highest BCUT2D eigenvalue weighted by molar-refractivity contribution is 7.92. The zero-order chi connectivity index (χ0) is 14.3. The molecule has 1 atom stereocenters. The second-order valence-corrected chi connectivity index (χ2v) is 6.93. The molecule has 2 aromatic rings. The number of aromatic nitrogens is 2. The second kappa shape index (κ2) is 4.63. The van der Waals surface area contributed by atoms with Gasteiger partial charge in [-0.25, -0.2) is 4.98 Å². The van der Waals surface area contributed by atoms with Gasteiger partial charge >= 0.3 is 0 Å². The number of nitrogens with one attached hydrogen (secondary N) is 1. The summed E-state index contributed by atoms with van der Waals surface area (Å²) in [7, 11) is -3.59. The molecule has 0 aliphatic carbocycles.